The highest BCUT2D eigenvalue weighted by atomic mass is 16.5. The third-order valence-electron chi connectivity index (χ3n) is 3.38. The lowest BCUT2D eigenvalue weighted by Gasteiger charge is -2.22. The molecule has 19 heavy (non-hydrogen) atoms. The topological polar surface area (TPSA) is 47.0 Å². The van der Waals surface area contributed by atoms with Crippen molar-refractivity contribution in [2.24, 2.45) is 5.92 Å². The van der Waals surface area contributed by atoms with Crippen LogP contribution in [0.3, 0.4) is 0 Å². The molecule has 0 saturated heterocycles. The van der Waals surface area contributed by atoms with Gasteiger partial charge in [0, 0.05) is 6.54 Å². The number of hydrogen-bond donors (Lipinski definition) is 1. The first-order chi connectivity index (χ1) is 9.24. The summed E-state index contributed by atoms with van der Waals surface area (Å²) in [7, 11) is 0. The van der Waals surface area contributed by atoms with E-state index in [1.54, 1.807) is 6.20 Å². The maximum absolute atomic E-state index is 5.86. The summed E-state index contributed by atoms with van der Waals surface area (Å²) in [5.74, 6) is 1.32. The second kappa shape index (κ2) is 7.43. The maximum atomic E-state index is 5.86. The van der Waals surface area contributed by atoms with Crippen molar-refractivity contribution in [1.82, 2.24) is 15.3 Å². The zero-order valence-corrected chi connectivity index (χ0v) is 12.1. The molecule has 0 atom stereocenters. The van der Waals surface area contributed by atoms with Crippen LogP contribution in [-0.4, -0.2) is 22.6 Å². The van der Waals surface area contributed by atoms with Crippen molar-refractivity contribution < 1.29 is 4.74 Å². The predicted octanol–water partition coefficient (Wildman–Crippen LogP) is 2.93. The van der Waals surface area contributed by atoms with E-state index >= 15 is 0 Å². The Bertz CT molecular complexity index is 358. The highest BCUT2D eigenvalue weighted by Crippen LogP contribution is 2.21. The van der Waals surface area contributed by atoms with E-state index in [0.29, 0.717) is 17.9 Å². The SMILES string of the molecule is CC(C)CNCc1cnc(OC2CCCCC2)cn1. The molecule has 1 aromatic rings. The molecule has 4 heteroatoms. The van der Waals surface area contributed by atoms with Gasteiger partial charge in [0.05, 0.1) is 18.1 Å². The Morgan fingerprint density at radius 1 is 1.21 bits per heavy atom. The molecule has 0 unspecified atom stereocenters. The maximum Gasteiger partial charge on any atom is 0.232 e. The third kappa shape index (κ3) is 5.15. The average Bonchev–Trinajstić information content (AvgIpc) is 2.42. The van der Waals surface area contributed by atoms with E-state index in [1.165, 1.54) is 19.3 Å². The summed E-state index contributed by atoms with van der Waals surface area (Å²) in [6.07, 6.45) is 10.1. The molecule has 0 radical (unpaired) electrons. The van der Waals surface area contributed by atoms with Gasteiger partial charge in [-0.05, 0) is 38.1 Å². The average molecular weight is 263 g/mol. The minimum atomic E-state index is 0.341. The minimum Gasteiger partial charge on any atom is -0.473 e. The van der Waals surface area contributed by atoms with Gasteiger partial charge in [-0.15, -0.1) is 0 Å². The van der Waals surface area contributed by atoms with Crippen LogP contribution in [0.5, 0.6) is 5.88 Å². The summed E-state index contributed by atoms with van der Waals surface area (Å²) >= 11 is 0. The molecule has 0 amide bonds. The van der Waals surface area contributed by atoms with Gasteiger partial charge in [0.25, 0.3) is 0 Å². The molecular weight excluding hydrogens is 238 g/mol. The van der Waals surface area contributed by atoms with E-state index < -0.39 is 0 Å². The van der Waals surface area contributed by atoms with E-state index in [2.05, 4.69) is 29.1 Å². The van der Waals surface area contributed by atoms with Gasteiger partial charge in [-0.3, -0.25) is 4.98 Å². The number of nitrogens with zero attached hydrogens (tertiary/aromatic N) is 2. The lowest BCUT2D eigenvalue weighted by molar-refractivity contribution is 0.148. The van der Waals surface area contributed by atoms with Crippen LogP contribution in [0.15, 0.2) is 12.4 Å². The summed E-state index contributed by atoms with van der Waals surface area (Å²) in [6, 6.07) is 0. The summed E-state index contributed by atoms with van der Waals surface area (Å²) in [5.41, 5.74) is 0.969. The van der Waals surface area contributed by atoms with Crippen LogP contribution >= 0.6 is 0 Å². The first-order valence-corrected chi connectivity index (χ1v) is 7.42. The lowest BCUT2D eigenvalue weighted by Crippen LogP contribution is -2.21. The Morgan fingerprint density at radius 2 is 2.00 bits per heavy atom. The lowest BCUT2D eigenvalue weighted by atomic mass is 9.98. The second-order valence-electron chi connectivity index (χ2n) is 5.75. The monoisotopic (exact) mass is 263 g/mol. The molecule has 4 nitrogen and oxygen atoms in total. The van der Waals surface area contributed by atoms with Crippen LogP contribution in [0, 0.1) is 5.92 Å². The molecule has 1 N–H and O–H groups in total. The Kier molecular flexibility index (Phi) is 5.58. The summed E-state index contributed by atoms with van der Waals surface area (Å²) < 4.78 is 5.86. The second-order valence-corrected chi connectivity index (χ2v) is 5.75. The zero-order chi connectivity index (χ0) is 13.5. The Labute approximate surface area is 116 Å². The zero-order valence-electron chi connectivity index (χ0n) is 12.1. The number of aromatic nitrogens is 2. The Balaban J connectivity index is 1.77. The number of nitrogens with one attached hydrogen (secondary N) is 1. The molecule has 0 bridgehead atoms. The quantitative estimate of drug-likeness (QED) is 0.857. The highest BCUT2D eigenvalue weighted by molar-refractivity contribution is 5.07. The first kappa shape index (κ1) is 14.3. The summed E-state index contributed by atoms with van der Waals surface area (Å²) in [6.45, 7) is 6.16. The molecule has 0 spiro atoms. The van der Waals surface area contributed by atoms with Crippen molar-refractivity contribution in [2.45, 2.75) is 58.6 Å². The Hall–Kier alpha value is -1.16. The van der Waals surface area contributed by atoms with Gasteiger partial charge in [0.2, 0.25) is 5.88 Å². The molecule has 1 aliphatic rings. The van der Waals surface area contributed by atoms with Gasteiger partial charge in [-0.1, -0.05) is 20.3 Å². The molecule has 106 valence electrons. The third-order valence-corrected chi connectivity index (χ3v) is 3.38. The van der Waals surface area contributed by atoms with Crippen molar-refractivity contribution in [3.8, 4) is 5.88 Å². The van der Waals surface area contributed by atoms with Crippen LogP contribution in [0.25, 0.3) is 0 Å². The largest absolute Gasteiger partial charge is 0.473 e. The molecule has 2 rings (SSSR count). The highest BCUT2D eigenvalue weighted by Gasteiger charge is 2.15. The van der Waals surface area contributed by atoms with Gasteiger partial charge < -0.3 is 10.1 Å². The van der Waals surface area contributed by atoms with E-state index in [9.17, 15) is 0 Å². The van der Waals surface area contributed by atoms with Crippen LogP contribution in [-0.2, 0) is 6.54 Å². The van der Waals surface area contributed by atoms with Crippen LogP contribution < -0.4 is 10.1 Å². The molecule has 1 aromatic heterocycles. The summed E-state index contributed by atoms with van der Waals surface area (Å²) in [4.78, 5) is 8.74. The Morgan fingerprint density at radius 3 is 2.63 bits per heavy atom. The fraction of sp³-hybridized carbons (Fsp3) is 0.733. The van der Waals surface area contributed by atoms with Gasteiger partial charge in [-0.25, -0.2) is 4.98 Å². The van der Waals surface area contributed by atoms with Crippen molar-refractivity contribution >= 4 is 0 Å². The molecule has 0 aliphatic heterocycles. The summed E-state index contributed by atoms with van der Waals surface area (Å²) in [5, 5.41) is 3.36. The number of rotatable bonds is 6. The standard InChI is InChI=1S/C15H25N3O/c1-12(2)8-16-9-13-10-18-15(11-17-13)19-14-6-4-3-5-7-14/h10-12,14,16H,3-9H2,1-2H3. The number of hydrogen-bond acceptors (Lipinski definition) is 4. The van der Waals surface area contributed by atoms with Gasteiger partial charge in [-0.2, -0.15) is 0 Å². The fourth-order valence-electron chi connectivity index (χ4n) is 2.34. The molecular formula is C15H25N3O. The van der Waals surface area contributed by atoms with Crippen molar-refractivity contribution in [2.75, 3.05) is 6.54 Å². The molecule has 1 aliphatic carbocycles. The molecule has 0 aromatic carbocycles. The predicted molar refractivity (Wildman–Crippen MR) is 76.1 cm³/mol. The van der Waals surface area contributed by atoms with E-state index in [1.807, 2.05) is 6.20 Å². The molecule has 1 heterocycles. The van der Waals surface area contributed by atoms with Crippen molar-refractivity contribution in [3.63, 3.8) is 0 Å². The van der Waals surface area contributed by atoms with E-state index in [4.69, 9.17) is 4.74 Å². The van der Waals surface area contributed by atoms with Gasteiger partial charge in [0.15, 0.2) is 0 Å². The molecule has 1 fully saturated rings. The van der Waals surface area contributed by atoms with Crippen LogP contribution in [0.2, 0.25) is 0 Å². The smallest absolute Gasteiger partial charge is 0.232 e. The van der Waals surface area contributed by atoms with Crippen LogP contribution in [0.4, 0.5) is 0 Å². The number of ether oxygens (including phenoxy) is 1. The van der Waals surface area contributed by atoms with E-state index in [-0.39, 0.29) is 0 Å². The van der Waals surface area contributed by atoms with Crippen LogP contribution in [0.1, 0.15) is 51.6 Å². The van der Waals surface area contributed by atoms with E-state index in [0.717, 1.165) is 31.6 Å². The van der Waals surface area contributed by atoms with Gasteiger partial charge >= 0.3 is 0 Å². The van der Waals surface area contributed by atoms with Gasteiger partial charge in [0.1, 0.15) is 6.10 Å². The van der Waals surface area contributed by atoms with Crippen molar-refractivity contribution in [1.29, 1.82) is 0 Å². The normalized spacial score (nSPS) is 16.8. The van der Waals surface area contributed by atoms with Crippen molar-refractivity contribution in [3.05, 3.63) is 18.1 Å². The first-order valence-electron chi connectivity index (χ1n) is 7.42. The fourth-order valence-corrected chi connectivity index (χ4v) is 2.34. The molecule has 1 saturated carbocycles. The minimum absolute atomic E-state index is 0.341.